The number of anilines is 1. The van der Waals surface area contributed by atoms with Crippen molar-refractivity contribution in [3.05, 3.63) is 41.7 Å². The van der Waals surface area contributed by atoms with E-state index in [2.05, 4.69) is 9.97 Å². The molecule has 0 fully saturated rings. The SMILES string of the molecule is COc1ccc(-n2c(N)nc3cnccc32)cc1Cl. The van der Waals surface area contributed by atoms with E-state index in [-0.39, 0.29) is 0 Å². The molecule has 0 unspecified atom stereocenters. The number of hydrogen-bond donors (Lipinski definition) is 1. The minimum absolute atomic E-state index is 0.393. The normalized spacial score (nSPS) is 10.8. The highest BCUT2D eigenvalue weighted by Gasteiger charge is 2.11. The second-order valence-corrected chi connectivity index (χ2v) is 4.40. The highest BCUT2D eigenvalue weighted by Crippen LogP contribution is 2.29. The monoisotopic (exact) mass is 274 g/mol. The van der Waals surface area contributed by atoms with Gasteiger partial charge in [0.05, 0.1) is 29.5 Å². The fourth-order valence-corrected chi connectivity index (χ4v) is 2.27. The van der Waals surface area contributed by atoms with Gasteiger partial charge in [0.2, 0.25) is 5.95 Å². The van der Waals surface area contributed by atoms with E-state index < -0.39 is 0 Å². The number of pyridine rings is 1. The van der Waals surface area contributed by atoms with Crippen LogP contribution in [0.15, 0.2) is 36.7 Å². The first-order chi connectivity index (χ1) is 9.20. The number of nitrogen functional groups attached to an aromatic ring is 1. The largest absolute Gasteiger partial charge is 0.495 e. The van der Waals surface area contributed by atoms with Crippen molar-refractivity contribution >= 4 is 28.6 Å². The summed E-state index contributed by atoms with van der Waals surface area (Å²) in [6, 6.07) is 7.32. The maximum atomic E-state index is 6.14. The number of fused-ring (bicyclic) bond motifs is 1. The van der Waals surface area contributed by atoms with Crippen LogP contribution in [0.5, 0.6) is 5.75 Å². The lowest BCUT2D eigenvalue weighted by molar-refractivity contribution is 0.415. The van der Waals surface area contributed by atoms with E-state index in [0.29, 0.717) is 16.7 Å². The van der Waals surface area contributed by atoms with Crippen LogP contribution in [0.1, 0.15) is 0 Å². The molecular formula is C13H11ClN4O. The number of ether oxygens (including phenoxy) is 1. The third-order valence-electron chi connectivity index (χ3n) is 2.88. The molecule has 19 heavy (non-hydrogen) atoms. The Balaban J connectivity index is 2.24. The Hall–Kier alpha value is -2.27. The van der Waals surface area contributed by atoms with Gasteiger partial charge in [0.15, 0.2) is 0 Å². The van der Waals surface area contributed by atoms with E-state index in [4.69, 9.17) is 22.1 Å². The number of hydrogen-bond acceptors (Lipinski definition) is 4. The van der Waals surface area contributed by atoms with E-state index in [9.17, 15) is 0 Å². The third-order valence-corrected chi connectivity index (χ3v) is 3.17. The minimum atomic E-state index is 0.393. The predicted molar refractivity (Wildman–Crippen MR) is 74.8 cm³/mol. The first-order valence-corrected chi connectivity index (χ1v) is 6.00. The van der Waals surface area contributed by atoms with Gasteiger partial charge in [-0.05, 0) is 24.3 Å². The van der Waals surface area contributed by atoms with E-state index in [1.54, 1.807) is 31.6 Å². The Morgan fingerprint density at radius 1 is 1.32 bits per heavy atom. The number of nitrogens with zero attached hydrogens (tertiary/aromatic N) is 3. The molecule has 5 nitrogen and oxygen atoms in total. The minimum Gasteiger partial charge on any atom is -0.495 e. The highest BCUT2D eigenvalue weighted by atomic mass is 35.5. The van der Waals surface area contributed by atoms with Gasteiger partial charge in [0.1, 0.15) is 11.3 Å². The summed E-state index contributed by atoms with van der Waals surface area (Å²) in [5, 5.41) is 0.523. The van der Waals surface area contributed by atoms with Crippen LogP contribution < -0.4 is 10.5 Å². The first kappa shape index (κ1) is 11.8. The van der Waals surface area contributed by atoms with Gasteiger partial charge < -0.3 is 10.5 Å². The standard InChI is InChI=1S/C13H11ClN4O/c1-19-12-3-2-8(6-9(12)14)18-11-4-5-16-7-10(11)17-13(18)15/h2-7H,1H3,(H2,15,17). The van der Waals surface area contributed by atoms with Crippen molar-refractivity contribution in [3.63, 3.8) is 0 Å². The summed E-state index contributed by atoms with van der Waals surface area (Å²) in [6.07, 6.45) is 3.37. The molecule has 0 saturated heterocycles. The molecule has 6 heteroatoms. The van der Waals surface area contributed by atoms with Gasteiger partial charge in [0, 0.05) is 6.20 Å². The van der Waals surface area contributed by atoms with Gasteiger partial charge in [-0.2, -0.15) is 0 Å². The second-order valence-electron chi connectivity index (χ2n) is 3.99. The number of halogens is 1. The molecule has 0 aliphatic heterocycles. The molecule has 3 aromatic rings. The van der Waals surface area contributed by atoms with Crippen LogP contribution in [-0.4, -0.2) is 21.6 Å². The lowest BCUT2D eigenvalue weighted by atomic mass is 10.3. The number of rotatable bonds is 2. The van der Waals surface area contributed by atoms with E-state index in [0.717, 1.165) is 16.7 Å². The zero-order valence-electron chi connectivity index (χ0n) is 10.2. The summed E-state index contributed by atoms with van der Waals surface area (Å²) in [6.45, 7) is 0. The molecule has 2 heterocycles. The molecule has 0 aliphatic rings. The van der Waals surface area contributed by atoms with Crippen molar-refractivity contribution in [1.82, 2.24) is 14.5 Å². The topological polar surface area (TPSA) is 66.0 Å². The van der Waals surface area contributed by atoms with E-state index >= 15 is 0 Å². The Morgan fingerprint density at radius 3 is 2.89 bits per heavy atom. The molecule has 0 atom stereocenters. The van der Waals surface area contributed by atoms with Crippen molar-refractivity contribution in [2.45, 2.75) is 0 Å². The molecule has 0 radical (unpaired) electrons. The fourth-order valence-electron chi connectivity index (χ4n) is 2.02. The van der Waals surface area contributed by atoms with Crippen molar-refractivity contribution in [2.24, 2.45) is 0 Å². The maximum absolute atomic E-state index is 6.14. The summed E-state index contributed by atoms with van der Waals surface area (Å²) in [4.78, 5) is 8.29. The van der Waals surface area contributed by atoms with Crippen LogP contribution >= 0.6 is 11.6 Å². The Labute approximate surface area is 114 Å². The van der Waals surface area contributed by atoms with Gasteiger partial charge in [-0.1, -0.05) is 11.6 Å². The van der Waals surface area contributed by atoms with E-state index in [1.807, 2.05) is 16.7 Å². The molecule has 2 aromatic heterocycles. The molecule has 2 N–H and O–H groups in total. The summed E-state index contributed by atoms with van der Waals surface area (Å²) in [5.41, 5.74) is 8.41. The number of imidazole rings is 1. The lowest BCUT2D eigenvalue weighted by Gasteiger charge is -2.09. The van der Waals surface area contributed by atoms with Gasteiger partial charge in [-0.25, -0.2) is 4.98 Å². The lowest BCUT2D eigenvalue weighted by Crippen LogP contribution is -2.00. The third kappa shape index (κ3) is 1.88. The molecule has 0 bridgehead atoms. The zero-order valence-corrected chi connectivity index (χ0v) is 10.9. The molecule has 0 saturated carbocycles. The van der Waals surface area contributed by atoms with Crippen LogP contribution in [0.25, 0.3) is 16.7 Å². The van der Waals surface area contributed by atoms with Crippen LogP contribution in [0, 0.1) is 0 Å². The Kier molecular flexibility index (Phi) is 2.76. The van der Waals surface area contributed by atoms with Gasteiger partial charge >= 0.3 is 0 Å². The number of methoxy groups -OCH3 is 1. The summed E-state index contributed by atoms with van der Waals surface area (Å²) in [7, 11) is 1.58. The Bertz CT molecular complexity index is 753. The zero-order chi connectivity index (χ0) is 13.4. The highest BCUT2D eigenvalue weighted by molar-refractivity contribution is 6.32. The summed E-state index contributed by atoms with van der Waals surface area (Å²) in [5.74, 6) is 1.01. The smallest absolute Gasteiger partial charge is 0.205 e. The van der Waals surface area contributed by atoms with Crippen molar-refractivity contribution in [1.29, 1.82) is 0 Å². The van der Waals surface area contributed by atoms with Crippen LogP contribution in [0.4, 0.5) is 5.95 Å². The molecule has 0 amide bonds. The quantitative estimate of drug-likeness (QED) is 0.780. The second kappa shape index (κ2) is 4.44. The molecule has 1 aromatic carbocycles. The van der Waals surface area contributed by atoms with Crippen molar-refractivity contribution in [3.8, 4) is 11.4 Å². The summed E-state index contributed by atoms with van der Waals surface area (Å²) >= 11 is 6.14. The number of aromatic nitrogens is 3. The fraction of sp³-hybridized carbons (Fsp3) is 0.0769. The first-order valence-electron chi connectivity index (χ1n) is 5.62. The van der Waals surface area contributed by atoms with Gasteiger partial charge in [-0.15, -0.1) is 0 Å². The van der Waals surface area contributed by atoms with Gasteiger partial charge in [-0.3, -0.25) is 9.55 Å². The number of nitrogens with two attached hydrogens (primary N) is 1. The van der Waals surface area contributed by atoms with E-state index in [1.165, 1.54) is 0 Å². The van der Waals surface area contributed by atoms with Crippen molar-refractivity contribution < 1.29 is 4.74 Å². The average molecular weight is 275 g/mol. The Morgan fingerprint density at radius 2 is 2.16 bits per heavy atom. The number of benzene rings is 1. The average Bonchev–Trinajstić information content (AvgIpc) is 2.74. The molecule has 0 spiro atoms. The predicted octanol–water partition coefficient (Wildman–Crippen LogP) is 2.66. The van der Waals surface area contributed by atoms with Crippen LogP contribution in [0.3, 0.4) is 0 Å². The van der Waals surface area contributed by atoms with Crippen LogP contribution in [0.2, 0.25) is 5.02 Å². The summed E-state index contributed by atoms with van der Waals surface area (Å²) < 4.78 is 6.96. The maximum Gasteiger partial charge on any atom is 0.205 e. The van der Waals surface area contributed by atoms with Crippen molar-refractivity contribution in [2.75, 3.05) is 12.8 Å². The molecule has 0 aliphatic carbocycles. The molecule has 3 rings (SSSR count). The molecule has 96 valence electrons. The molecular weight excluding hydrogens is 264 g/mol. The van der Waals surface area contributed by atoms with Gasteiger partial charge in [0.25, 0.3) is 0 Å². The van der Waals surface area contributed by atoms with Crippen LogP contribution in [-0.2, 0) is 0 Å².